The van der Waals surface area contributed by atoms with Crippen LogP contribution in [0.3, 0.4) is 0 Å². The van der Waals surface area contributed by atoms with Crippen molar-refractivity contribution in [3.05, 3.63) is 5.82 Å². The normalized spacial score (nSPS) is 33.0. The highest BCUT2D eigenvalue weighted by atomic mass is 16.3. The van der Waals surface area contributed by atoms with Gasteiger partial charge < -0.3 is 20.4 Å². The third-order valence-electron chi connectivity index (χ3n) is 2.32. The van der Waals surface area contributed by atoms with E-state index in [1.54, 1.807) is 0 Å². The summed E-state index contributed by atoms with van der Waals surface area (Å²) in [5.74, 6) is 0.0926. The van der Waals surface area contributed by atoms with Crippen LogP contribution >= 0.6 is 0 Å². The van der Waals surface area contributed by atoms with Crippen LogP contribution in [0, 0.1) is 0 Å². The van der Waals surface area contributed by atoms with E-state index >= 15 is 0 Å². The van der Waals surface area contributed by atoms with Crippen molar-refractivity contribution in [2.75, 3.05) is 6.61 Å². The Hall–Kier alpha value is -1.09. The highest BCUT2D eigenvalue weighted by molar-refractivity contribution is 5.05. The summed E-state index contributed by atoms with van der Waals surface area (Å²) < 4.78 is 1.12. The van der Waals surface area contributed by atoms with Crippen LogP contribution in [0.4, 0.5) is 0 Å². The summed E-state index contributed by atoms with van der Waals surface area (Å²) in [4.78, 5) is 0. The second-order valence-corrected chi connectivity index (χ2v) is 3.16. The van der Waals surface area contributed by atoms with Crippen LogP contribution in [-0.4, -0.2) is 59.4 Å². The molecule has 8 heteroatoms. The second kappa shape index (κ2) is 3.24. The Balaban J connectivity index is 2.35. The molecule has 1 aromatic heterocycles. The van der Waals surface area contributed by atoms with Crippen LogP contribution < -0.4 is 0 Å². The molecule has 1 aromatic rings. The molecule has 0 amide bonds. The van der Waals surface area contributed by atoms with E-state index in [-0.39, 0.29) is 5.82 Å². The zero-order valence-electron chi connectivity index (χ0n) is 7.09. The van der Waals surface area contributed by atoms with Crippen LogP contribution in [-0.2, 0) is 0 Å². The molecule has 4 N–H and O–H groups in total. The molecule has 14 heavy (non-hydrogen) atoms. The van der Waals surface area contributed by atoms with Gasteiger partial charge in [-0.1, -0.05) is 0 Å². The van der Waals surface area contributed by atoms with Crippen molar-refractivity contribution in [1.29, 1.82) is 0 Å². The number of nitrogens with zero attached hydrogens (tertiary/aromatic N) is 4. The van der Waals surface area contributed by atoms with Gasteiger partial charge in [0.05, 0.1) is 6.61 Å². The van der Waals surface area contributed by atoms with Crippen molar-refractivity contribution in [3.8, 4) is 0 Å². The maximum absolute atomic E-state index is 9.52. The average Bonchev–Trinajstić information content (AvgIpc) is 2.72. The standard InChI is InChI=1S/C6H10N4O4/c11-1-2(12)3-4(13)5(14)6-7-8-9-10(3)6/h2-5,11-14H,1H2/t2-,3+,4+,5+/m1/s1. The number of aromatic nitrogens is 4. The van der Waals surface area contributed by atoms with Crippen LogP contribution in [0.5, 0.6) is 0 Å². The summed E-state index contributed by atoms with van der Waals surface area (Å²) in [6, 6.07) is -0.903. The molecule has 2 rings (SSSR count). The number of aliphatic hydroxyl groups excluding tert-OH is 4. The first-order chi connectivity index (χ1) is 6.66. The summed E-state index contributed by atoms with van der Waals surface area (Å²) in [6.07, 6.45) is -3.66. The first kappa shape index (κ1) is 9.46. The van der Waals surface area contributed by atoms with Gasteiger partial charge in [0, 0.05) is 0 Å². The van der Waals surface area contributed by atoms with Crippen LogP contribution in [0.2, 0.25) is 0 Å². The Morgan fingerprint density at radius 3 is 2.79 bits per heavy atom. The Labute approximate surface area is 78.4 Å². The molecule has 1 aliphatic rings. The first-order valence-corrected chi connectivity index (χ1v) is 4.09. The van der Waals surface area contributed by atoms with Gasteiger partial charge in [0.1, 0.15) is 24.4 Å². The SMILES string of the molecule is OC[C@@H](O)[C@H]1[C@H](O)[C@H](O)c2nnnn21. The molecule has 8 nitrogen and oxygen atoms in total. The average molecular weight is 202 g/mol. The minimum atomic E-state index is -1.23. The van der Waals surface area contributed by atoms with Crippen LogP contribution in [0.15, 0.2) is 0 Å². The summed E-state index contributed by atoms with van der Waals surface area (Å²) in [6.45, 7) is -0.534. The lowest BCUT2D eigenvalue weighted by Crippen LogP contribution is -2.34. The van der Waals surface area contributed by atoms with Gasteiger partial charge in [-0.2, -0.15) is 0 Å². The molecule has 0 saturated carbocycles. The molecular formula is C6H10N4O4. The number of rotatable bonds is 2. The Kier molecular flexibility index (Phi) is 2.19. The van der Waals surface area contributed by atoms with Crippen molar-refractivity contribution >= 4 is 0 Å². The van der Waals surface area contributed by atoms with Gasteiger partial charge in [-0.3, -0.25) is 0 Å². The van der Waals surface area contributed by atoms with E-state index in [0.717, 1.165) is 4.68 Å². The summed E-state index contributed by atoms with van der Waals surface area (Å²) in [5, 5.41) is 47.4. The fraction of sp³-hybridized carbons (Fsp3) is 0.833. The Morgan fingerprint density at radius 1 is 1.43 bits per heavy atom. The predicted molar refractivity (Wildman–Crippen MR) is 40.9 cm³/mol. The molecule has 4 atom stereocenters. The van der Waals surface area contributed by atoms with Gasteiger partial charge in [-0.15, -0.1) is 5.10 Å². The van der Waals surface area contributed by atoms with E-state index in [0.29, 0.717) is 0 Å². The molecule has 0 unspecified atom stereocenters. The molecule has 0 fully saturated rings. The Bertz CT molecular complexity index is 329. The maximum atomic E-state index is 9.52. The van der Waals surface area contributed by atoms with Crippen LogP contribution in [0.25, 0.3) is 0 Å². The fourth-order valence-corrected chi connectivity index (χ4v) is 1.59. The summed E-state index contributed by atoms with van der Waals surface area (Å²) in [7, 11) is 0. The van der Waals surface area contributed by atoms with Gasteiger partial charge in [0.25, 0.3) is 0 Å². The third kappa shape index (κ3) is 1.12. The fourth-order valence-electron chi connectivity index (χ4n) is 1.59. The molecular weight excluding hydrogens is 192 g/mol. The minimum absolute atomic E-state index is 0.0926. The van der Waals surface area contributed by atoms with Crippen molar-refractivity contribution < 1.29 is 20.4 Å². The molecule has 0 aliphatic carbocycles. The first-order valence-electron chi connectivity index (χ1n) is 4.09. The second-order valence-electron chi connectivity index (χ2n) is 3.16. The lowest BCUT2D eigenvalue weighted by Gasteiger charge is -2.20. The van der Waals surface area contributed by atoms with Gasteiger partial charge in [0.15, 0.2) is 5.82 Å². The molecule has 1 aliphatic heterocycles. The minimum Gasteiger partial charge on any atom is -0.394 e. The van der Waals surface area contributed by atoms with Gasteiger partial charge in [-0.25, -0.2) is 4.68 Å². The largest absolute Gasteiger partial charge is 0.394 e. The quantitative estimate of drug-likeness (QED) is 0.402. The van der Waals surface area contributed by atoms with Gasteiger partial charge in [-0.05, 0) is 10.4 Å². The predicted octanol–water partition coefficient (Wildman–Crippen LogP) is -3.02. The smallest absolute Gasteiger partial charge is 0.183 e. The van der Waals surface area contributed by atoms with E-state index < -0.39 is 31.0 Å². The highest BCUT2D eigenvalue weighted by Crippen LogP contribution is 2.33. The molecule has 0 radical (unpaired) electrons. The van der Waals surface area contributed by atoms with E-state index in [1.165, 1.54) is 0 Å². The van der Waals surface area contributed by atoms with Crippen molar-refractivity contribution in [2.24, 2.45) is 0 Å². The highest BCUT2D eigenvalue weighted by Gasteiger charge is 2.45. The van der Waals surface area contributed by atoms with Crippen LogP contribution in [0.1, 0.15) is 18.0 Å². The third-order valence-corrected chi connectivity index (χ3v) is 2.32. The molecule has 0 saturated heterocycles. The maximum Gasteiger partial charge on any atom is 0.183 e. The van der Waals surface area contributed by atoms with Crippen molar-refractivity contribution in [2.45, 2.75) is 24.4 Å². The summed E-state index contributed by atoms with van der Waals surface area (Å²) in [5.41, 5.74) is 0. The van der Waals surface area contributed by atoms with E-state index in [4.69, 9.17) is 5.11 Å². The number of tetrazole rings is 1. The van der Waals surface area contributed by atoms with Gasteiger partial charge in [0.2, 0.25) is 0 Å². The zero-order chi connectivity index (χ0) is 10.3. The van der Waals surface area contributed by atoms with E-state index in [1.807, 2.05) is 0 Å². The van der Waals surface area contributed by atoms with E-state index in [9.17, 15) is 15.3 Å². The lowest BCUT2D eigenvalue weighted by atomic mass is 10.1. The van der Waals surface area contributed by atoms with Gasteiger partial charge >= 0.3 is 0 Å². The van der Waals surface area contributed by atoms with E-state index in [2.05, 4.69) is 15.5 Å². The molecule has 0 bridgehead atoms. The number of aliphatic hydroxyl groups is 4. The lowest BCUT2D eigenvalue weighted by molar-refractivity contribution is -0.0436. The van der Waals surface area contributed by atoms with Crippen molar-refractivity contribution in [1.82, 2.24) is 20.2 Å². The summed E-state index contributed by atoms with van der Waals surface area (Å²) >= 11 is 0. The zero-order valence-corrected chi connectivity index (χ0v) is 7.09. The number of hydrogen-bond acceptors (Lipinski definition) is 7. The molecule has 2 heterocycles. The topological polar surface area (TPSA) is 125 Å². The number of hydrogen-bond donors (Lipinski definition) is 4. The van der Waals surface area contributed by atoms with Crippen molar-refractivity contribution in [3.63, 3.8) is 0 Å². The Morgan fingerprint density at radius 2 is 2.14 bits per heavy atom. The molecule has 0 aromatic carbocycles. The number of fused-ring (bicyclic) bond motifs is 1. The monoisotopic (exact) mass is 202 g/mol. The molecule has 0 spiro atoms. The molecule has 78 valence electrons.